The number of nitrogens with two attached hydrogens (primary N) is 1. The molecule has 0 aromatic heterocycles. The van der Waals surface area contributed by atoms with Crippen molar-refractivity contribution in [3.8, 4) is 0 Å². The molecule has 2 aliphatic rings. The number of nitrogens with zero attached hydrogens (tertiary/aromatic N) is 1. The normalized spacial score (nSPS) is 27.8. The molecule has 1 aromatic rings. The predicted octanol–water partition coefficient (Wildman–Crippen LogP) is 0.530. The molecule has 17 heavy (non-hydrogen) atoms. The van der Waals surface area contributed by atoms with Gasteiger partial charge in [-0.25, -0.2) is 4.79 Å². The largest absolute Gasteiger partial charge is 0.397 e. The van der Waals surface area contributed by atoms with E-state index >= 15 is 0 Å². The molecule has 3 rings (SSSR count). The van der Waals surface area contributed by atoms with Crippen LogP contribution in [0.3, 0.4) is 0 Å². The summed E-state index contributed by atoms with van der Waals surface area (Å²) >= 11 is 0. The third kappa shape index (κ3) is 1.46. The molecule has 2 amide bonds. The number of hydrogen-bond acceptors (Lipinski definition) is 3. The third-order valence-electron chi connectivity index (χ3n) is 3.64. The number of carbonyl (C=O) groups excluding carboxylic acids is 1. The van der Waals surface area contributed by atoms with Gasteiger partial charge in [-0.2, -0.15) is 0 Å². The number of benzene rings is 1. The van der Waals surface area contributed by atoms with Crippen LogP contribution in [0.4, 0.5) is 16.2 Å². The van der Waals surface area contributed by atoms with Gasteiger partial charge < -0.3 is 16.4 Å². The average molecular weight is 232 g/mol. The first kappa shape index (κ1) is 10.4. The van der Waals surface area contributed by atoms with Gasteiger partial charge in [0.05, 0.1) is 16.9 Å². The summed E-state index contributed by atoms with van der Waals surface area (Å²) < 4.78 is 0. The lowest BCUT2D eigenvalue weighted by Crippen LogP contribution is -2.49. The van der Waals surface area contributed by atoms with Gasteiger partial charge in [-0.3, -0.25) is 4.90 Å². The van der Waals surface area contributed by atoms with Crippen LogP contribution in [0.2, 0.25) is 0 Å². The molecule has 90 valence electrons. The molecule has 1 aromatic carbocycles. The zero-order chi connectivity index (χ0) is 11.9. The smallest absolute Gasteiger partial charge is 0.322 e. The van der Waals surface area contributed by atoms with Crippen molar-refractivity contribution in [3.63, 3.8) is 0 Å². The van der Waals surface area contributed by atoms with Gasteiger partial charge in [-0.1, -0.05) is 12.1 Å². The molecule has 2 aliphatic heterocycles. The highest BCUT2D eigenvalue weighted by atomic mass is 16.2. The summed E-state index contributed by atoms with van der Waals surface area (Å²) in [5.74, 6) is 0. The maximum Gasteiger partial charge on any atom is 0.322 e. The predicted molar refractivity (Wildman–Crippen MR) is 66.9 cm³/mol. The minimum Gasteiger partial charge on any atom is -0.397 e. The minimum atomic E-state index is -0.146. The molecular weight excluding hydrogens is 216 g/mol. The summed E-state index contributed by atoms with van der Waals surface area (Å²) in [6.07, 6.45) is 0.958. The van der Waals surface area contributed by atoms with E-state index < -0.39 is 0 Å². The van der Waals surface area contributed by atoms with Crippen molar-refractivity contribution in [1.29, 1.82) is 0 Å². The molecule has 1 unspecified atom stereocenters. The monoisotopic (exact) mass is 232 g/mol. The van der Waals surface area contributed by atoms with Crippen LogP contribution in [0.15, 0.2) is 24.3 Å². The molecule has 0 radical (unpaired) electrons. The molecular formula is C12H16N4O. The molecule has 4 N–H and O–H groups in total. The highest BCUT2D eigenvalue weighted by Crippen LogP contribution is 2.35. The number of anilines is 2. The van der Waals surface area contributed by atoms with Crippen LogP contribution < -0.4 is 21.3 Å². The number of rotatable bonds is 1. The highest BCUT2D eigenvalue weighted by molar-refractivity contribution is 5.99. The Morgan fingerprint density at radius 1 is 1.29 bits per heavy atom. The zero-order valence-corrected chi connectivity index (χ0v) is 9.57. The van der Waals surface area contributed by atoms with E-state index in [1.165, 1.54) is 0 Å². The quantitative estimate of drug-likeness (QED) is 0.619. The van der Waals surface area contributed by atoms with Gasteiger partial charge in [0.15, 0.2) is 0 Å². The minimum absolute atomic E-state index is 0.0494. The second-order valence-corrected chi connectivity index (χ2v) is 4.70. The van der Waals surface area contributed by atoms with E-state index in [-0.39, 0.29) is 11.6 Å². The fourth-order valence-electron chi connectivity index (χ4n) is 2.74. The second-order valence-electron chi connectivity index (χ2n) is 4.70. The first-order valence-electron chi connectivity index (χ1n) is 5.86. The molecule has 1 spiro atoms. The van der Waals surface area contributed by atoms with E-state index in [4.69, 9.17) is 5.73 Å². The molecule has 2 heterocycles. The van der Waals surface area contributed by atoms with Gasteiger partial charge in [-0.05, 0) is 25.1 Å². The van der Waals surface area contributed by atoms with E-state index in [1.54, 1.807) is 0 Å². The summed E-state index contributed by atoms with van der Waals surface area (Å²) in [5.41, 5.74) is 7.29. The van der Waals surface area contributed by atoms with Gasteiger partial charge in [0.25, 0.3) is 0 Å². The van der Waals surface area contributed by atoms with E-state index in [0.717, 1.165) is 25.2 Å². The van der Waals surface area contributed by atoms with Gasteiger partial charge in [-0.15, -0.1) is 0 Å². The van der Waals surface area contributed by atoms with Crippen LogP contribution in [0, 0.1) is 0 Å². The van der Waals surface area contributed by atoms with Crippen molar-refractivity contribution < 1.29 is 4.79 Å². The second kappa shape index (κ2) is 3.63. The molecule has 5 nitrogen and oxygen atoms in total. The van der Waals surface area contributed by atoms with Crippen molar-refractivity contribution in [3.05, 3.63) is 24.3 Å². The Morgan fingerprint density at radius 3 is 2.82 bits per heavy atom. The molecule has 1 atom stereocenters. The first-order valence-corrected chi connectivity index (χ1v) is 5.86. The van der Waals surface area contributed by atoms with E-state index in [0.29, 0.717) is 12.2 Å². The number of urea groups is 1. The molecule has 0 bridgehead atoms. The Labute approximate surface area is 100.0 Å². The molecule has 5 heteroatoms. The lowest BCUT2D eigenvalue weighted by molar-refractivity contribution is 0.251. The van der Waals surface area contributed by atoms with Gasteiger partial charge in [0.1, 0.15) is 0 Å². The van der Waals surface area contributed by atoms with E-state index in [1.807, 2.05) is 29.2 Å². The molecule has 0 aliphatic carbocycles. The van der Waals surface area contributed by atoms with Crippen molar-refractivity contribution in [2.45, 2.75) is 12.0 Å². The molecule has 2 fully saturated rings. The van der Waals surface area contributed by atoms with Crippen molar-refractivity contribution in [2.75, 3.05) is 30.3 Å². The van der Waals surface area contributed by atoms with Crippen LogP contribution in [0.1, 0.15) is 6.42 Å². The fraction of sp³-hybridized carbons (Fsp3) is 0.417. The Balaban J connectivity index is 2.05. The van der Waals surface area contributed by atoms with Crippen molar-refractivity contribution in [2.24, 2.45) is 0 Å². The maximum absolute atomic E-state index is 12.0. The van der Waals surface area contributed by atoms with Crippen LogP contribution >= 0.6 is 0 Å². The van der Waals surface area contributed by atoms with Crippen LogP contribution in [-0.2, 0) is 0 Å². The van der Waals surface area contributed by atoms with E-state index in [2.05, 4.69) is 10.6 Å². The Kier molecular flexibility index (Phi) is 2.22. The Hall–Kier alpha value is -1.75. The summed E-state index contributed by atoms with van der Waals surface area (Å²) in [6, 6.07) is 7.48. The van der Waals surface area contributed by atoms with Crippen LogP contribution in [-0.4, -0.2) is 31.2 Å². The summed E-state index contributed by atoms with van der Waals surface area (Å²) in [6.45, 7) is 2.45. The summed E-state index contributed by atoms with van der Waals surface area (Å²) in [5, 5.41) is 6.24. The number of para-hydroxylation sites is 2. The summed E-state index contributed by atoms with van der Waals surface area (Å²) in [7, 11) is 0. The summed E-state index contributed by atoms with van der Waals surface area (Å²) in [4.78, 5) is 13.8. The molecule has 2 saturated heterocycles. The standard InChI is InChI=1S/C12H16N4O/c13-9-3-1-2-4-10(9)16-11(17)15-8-12(16)5-6-14-7-12/h1-4,14H,5-8,13H2,(H,15,17). The lowest BCUT2D eigenvalue weighted by atomic mass is 9.97. The van der Waals surface area contributed by atoms with Crippen LogP contribution in [0.25, 0.3) is 0 Å². The Bertz CT molecular complexity index is 454. The maximum atomic E-state index is 12.0. The average Bonchev–Trinajstić information content (AvgIpc) is 2.90. The number of carbonyl (C=O) groups is 1. The highest BCUT2D eigenvalue weighted by Gasteiger charge is 2.48. The van der Waals surface area contributed by atoms with Gasteiger partial charge in [0, 0.05) is 13.1 Å². The topological polar surface area (TPSA) is 70.4 Å². The number of nitrogen functional groups attached to an aromatic ring is 1. The molecule has 0 saturated carbocycles. The fourth-order valence-corrected chi connectivity index (χ4v) is 2.74. The van der Waals surface area contributed by atoms with Crippen molar-refractivity contribution in [1.82, 2.24) is 10.6 Å². The van der Waals surface area contributed by atoms with Crippen LogP contribution in [0.5, 0.6) is 0 Å². The van der Waals surface area contributed by atoms with Crippen molar-refractivity contribution >= 4 is 17.4 Å². The SMILES string of the molecule is Nc1ccccc1N1C(=O)NCC12CCNC2. The van der Waals surface area contributed by atoms with Gasteiger partial charge >= 0.3 is 6.03 Å². The zero-order valence-electron chi connectivity index (χ0n) is 9.57. The third-order valence-corrected chi connectivity index (χ3v) is 3.64. The number of amides is 2. The van der Waals surface area contributed by atoms with Gasteiger partial charge in [0.2, 0.25) is 0 Å². The number of nitrogens with one attached hydrogen (secondary N) is 2. The Morgan fingerprint density at radius 2 is 2.12 bits per heavy atom. The van der Waals surface area contributed by atoms with E-state index in [9.17, 15) is 4.79 Å². The number of hydrogen-bond donors (Lipinski definition) is 3. The lowest BCUT2D eigenvalue weighted by Gasteiger charge is -2.33. The first-order chi connectivity index (χ1) is 8.23.